The van der Waals surface area contributed by atoms with E-state index < -0.39 is 40.4 Å². The molecule has 1 aliphatic rings. The van der Waals surface area contributed by atoms with E-state index in [1.54, 1.807) is 24.3 Å². The van der Waals surface area contributed by atoms with Crippen molar-refractivity contribution in [2.24, 2.45) is 0 Å². The summed E-state index contributed by atoms with van der Waals surface area (Å²) in [4.78, 5) is 28.3. The summed E-state index contributed by atoms with van der Waals surface area (Å²) in [7, 11) is -4.04. The Morgan fingerprint density at radius 3 is 2.44 bits per heavy atom. The van der Waals surface area contributed by atoms with Crippen LogP contribution in [0.2, 0.25) is 5.02 Å². The molecule has 3 rings (SSSR count). The third kappa shape index (κ3) is 7.88. The van der Waals surface area contributed by atoms with Crippen molar-refractivity contribution >= 4 is 50.9 Å². The second-order valence-electron chi connectivity index (χ2n) is 8.42. The smallest absolute Gasteiger partial charge is 0.277 e. The molecule has 0 radical (unpaired) electrons. The third-order valence-corrected chi connectivity index (χ3v) is 7.45. The molecule has 12 heteroatoms. The van der Waals surface area contributed by atoms with Gasteiger partial charge in [-0.05, 0) is 37.1 Å². The molecule has 0 aromatic heterocycles. The highest BCUT2D eigenvalue weighted by molar-refractivity contribution is 7.87. The number of amides is 2. The molecule has 0 aliphatic heterocycles. The number of benzene rings is 2. The maximum atomic E-state index is 14.2. The normalized spacial score (nSPS) is 15.3. The maximum Gasteiger partial charge on any atom is 0.277 e. The van der Waals surface area contributed by atoms with E-state index in [1.165, 1.54) is 18.2 Å². The zero-order valence-electron chi connectivity index (χ0n) is 19.6. The van der Waals surface area contributed by atoms with Gasteiger partial charge in [-0.15, -0.1) is 11.6 Å². The van der Waals surface area contributed by atoms with Crippen LogP contribution in [0.1, 0.15) is 43.7 Å². The number of nitrogens with zero attached hydrogens (tertiary/aromatic N) is 1. The number of carbonyl (C=O) groups is 2. The topological polar surface area (TPSA) is 108 Å². The van der Waals surface area contributed by atoms with Crippen LogP contribution in [0, 0.1) is 5.82 Å². The Kier molecular flexibility index (Phi) is 10.5. The number of nitrogens with one attached hydrogen (secondary N) is 3. The Labute approximate surface area is 220 Å². The summed E-state index contributed by atoms with van der Waals surface area (Å²) < 4.78 is 42.9. The average molecular weight is 559 g/mol. The summed E-state index contributed by atoms with van der Waals surface area (Å²) >= 11 is 12.0. The standard InChI is InChI=1S/C24H29Cl2FN4O4S/c25-13-14-28-36(34,35)29-16-22(32)31(19-10-6-7-17(27)15-19)23(20-11-4-5-12-21(20)26)24(33)30-18-8-2-1-3-9-18/h4-7,10-12,15,18,23,28-29H,1-3,8-9,13-14,16H2,(H,30,33). The van der Waals surface area contributed by atoms with Crippen LogP contribution in [0.5, 0.6) is 0 Å². The van der Waals surface area contributed by atoms with Crippen LogP contribution in [0.25, 0.3) is 0 Å². The van der Waals surface area contributed by atoms with Gasteiger partial charge in [0.05, 0.1) is 6.54 Å². The Morgan fingerprint density at radius 2 is 1.78 bits per heavy atom. The minimum absolute atomic E-state index is 0.0370. The average Bonchev–Trinajstić information content (AvgIpc) is 2.86. The van der Waals surface area contributed by atoms with E-state index in [2.05, 4.69) is 14.8 Å². The molecule has 36 heavy (non-hydrogen) atoms. The van der Waals surface area contributed by atoms with Gasteiger partial charge in [0.15, 0.2) is 0 Å². The monoisotopic (exact) mass is 558 g/mol. The Bertz CT molecular complexity index is 1160. The maximum absolute atomic E-state index is 14.2. The van der Waals surface area contributed by atoms with E-state index in [1.807, 2.05) is 0 Å². The molecule has 0 bridgehead atoms. The van der Waals surface area contributed by atoms with Crippen LogP contribution in [0.3, 0.4) is 0 Å². The largest absolute Gasteiger partial charge is 0.351 e. The van der Waals surface area contributed by atoms with E-state index in [0.717, 1.165) is 43.1 Å². The van der Waals surface area contributed by atoms with Crippen molar-refractivity contribution in [3.63, 3.8) is 0 Å². The fourth-order valence-corrected chi connectivity index (χ4v) is 5.38. The van der Waals surface area contributed by atoms with Crippen LogP contribution in [-0.2, 0) is 19.8 Å². The summed E-state index contributed by atoms with van der Waals surface area (Å²) in [5.74, 6) is -1.85. The van der Waals surface area contributed by atoms with E-state index in [-0.39, 0.29) is 29.2 Å². The highest BCUT2D eigenvalue weighted by Crippen LogP contribution is 2.33. The first-order chi connectivity index (χ1) is 17.2. The molecule has 0 heterocycles. The number of rotatable bonds is 11. The molecule has 3 N–H and O–H groups in total. The summed E-state index contributed by atoms with van der Waals surface area (Å²) in [6.45, 7) is -0.726. The first-order valence-corrected chi connectivity index (χ1v) is 14.0. The molecular formula is C24H29Cl2FN4O4S. The molecular weight excluding hydrogens is 530 g/mol. The number of anilines is 1. The Balaban J connectivity index is 2.00. The van der Waals surface area contributed by atoms with Crippen LogP contribution in [0.15, 0.2) is 48.5 Å². The molecule has 196 valence electrons. The Hall–Kier alpha value is -2.24. The van der Waals surface area contributed by atoms with E-state index in [9.17, 15) is 22.4 Å². The Morgan fingerprint density at radius 1 is 1.06 bits per heavy atom. The molecule has 1 aliphatic carbocycles. The molecule has 1 atom stereocenters. The first-order valence-electron chi connectivity index (χ1n) is 11.6. The van der Waals surface area contributed by atoms with Gasteiger partial charge in [0.25, 0.3) is 10.2 Å². The van der Waals surface area contributed by atoms with Gasteiger partial charge in [0.2, 0.25) is 11.8 Å². The number of hydrogen-bond donors (Lipinski definition) is 3. The minimum Gasteiger partial charge on any atom is -0.351 e. The highest BCUT2D eigenvalue weighted by atomic mass is 35.5. The van der Waals surface area contributed by atoms with Crippen LogP contribution in [0.4, 0.5) is 10.1 Å². The predicted octanol–water partition coefficient (Wildman–Crippen LogP) is 3.67. The van der Waals surface area contributed by atoms with Gasteiger partial charge in [-0.3, -0.25) is 14.5 Å². The van der Waals surface area contributed by atoms with E-state index >= 15 is 0 Å². The lowest BCUT2D eigenvalue weighted by Gasteiger charge is -2.34. The van der Waals surface area contributed by atoms with Gasteiger partial charge in [0, 0.05) is 34.7 Å². The van der Waals surface area contributed by atoms with Gasteiger partial charge in [-0.25, -0.2) is 9.11 Å². The zero-order valence-corrected chi connectivity index (χ0v) is 21.9. The molecule has 1 unspecified atom stereocenters. The van der Waals surface area contributed by atoms with Crippen LogP contribution < -0.4 is 19.7 Å². The summed E-state index contributed by atoms with van der Waals surface area (Å²) in [5, 5.41) is 3.25. The lowest BCUT2D eigenvalue weighted by molar-refractivity contribution is -0.127. The van der Waals surface area contributed by atoms with Gasteiger partial charge in [-0.1, -0.05) is 55.1 Å². The number of halogens is 3. The molecule has 1 fully saturated rings. The van der Waals surface area contributed by atoms with Gasteiger partial charge in [-0.2, -0.15) is 13.1 Å². The summed E-state index contributed by atoms with van der Waals surface area (Å²) in [5.41, 5.74) is 0.407. The van der Waals surface area contributed by atoms with Crippen molar-refractivity contribution in [2.75, 3.05) is 23.9 Å². The lowest BCUT2D eigenvalue weighted by Crippen LogP contribution is -2.50. The molecule has 1 saturated carbocycles. The second kappa shape index (κ2) is 13.3. The van der Waals surface area contributed by atoms with Gasteiger partial charge < -0.3 is 5.32 Å². The quantitative estimate of drug-likeness (QED) is 0.366. The molecule has 2 amide bonds. The second-order valence-corrected chi connectivity index (χ2v) is 10.8. The van der Waals surface area contributed by atoms with Crippen LogP contribution in [-0.4, -0.2) is 45.2 Å². The number of carbonyl (C=O) groups excluding carboxylic acids is 2. The molecule has 2 aromatic rings. The minimum atomic E-state index is -4.04. The number of hydrogen-bond acceptors (Lipinski definition) is 4. The summed E-state index contributed by atoms with van der Waals surface area (Å²) in [6, 6.07) is 10.4. The fraction of sp³-hybridized carbons (Fsp3) is 0.417. The van der Waals surface area contributed by atoms with Crippen molar-refractivity contribution in [1.29, 1.82) is 0 Å². The third-order valence-electron chi connectivity index (χ3n) is 5.81. The molecule has 2 aromatic carbocycles. The zero-order chi connectivity index (χ0) is 26.1. The first kappa shape index (κ1) is 28.3. The molecule has 0 saturated heterocycles. The van der Waals surface area contributed by atoms with E-state index in [0.29, 0.717) is 5.56 Å². The van der Waals surface area contributed by atoms with Crippen molar-refractivity contribution in [3.8, 4) is 0 Å². The summed E-state index contributed by atoms with van der Waals surface area (Å²) in [6.07, 6.45) is 4.66. The number of alkyl halides is 1. The molecule has 0 spiro atoms. The van der Waals surface area contributed by atoms with Crippen molar-refractivity contribution in [2.45, 2.75) is 44.2 Å². The van der Waals surface area contributed by atoms with E-state index in [4.69, 9.17) is 23.2 Å². The van der Waals surface area contributed by atoms with Crippen molar-refractivity contribution < 1.29 is 22.4 Å². The highest BCUT2D eigenvalue weighted by Gasteiger charge is 2.35. The predicted molar refractivity (Wildman–Crippen MR) is 139 cm³/mol. The van der Waals surface area contributed by atoms with Gasteiger partial charge in [0.1, 0.15) is 11.9 Å². The van der Waals surface area contributed by atoms with Gasteiger partial charge >= 0.3 is 0 Å². The lowest BCUT2D eigenvalue weighted by atomic mass is 9.94. The molecule has 8 nitrogen and oxygen atoms in total. The van der Waals surface area contributed by atoms with Crippen molar-refractivity contribution in [3.05, 3.63) is 64.9 Å². The fourth-order valence-electron chi connectivity index (χ4n) is 4.15. The van der Waals surface area contributed by atoms with Crippen molar-refractivity contribution in [1.82, 2.24) is 14.8 Å². The SMILES string of the molecule is O=C(NC1CCCCC1)C(c1ccccc1Cl)N(C(=O)CNS(=O)(=O)NCCCl)c1cccc(F)c1. The van der Waals surface area contributed by atoms with Crippen LogP contribution >= 0.6 is 23.2 Å².